The third-order valence-corrected chi connectivity index (χ3v) is 0.842. The minimum atomic E-state index is 0.0718. The molecule has 0 heterocycles. The van der Waals surface area contributed by atoms with E-state index >= 15 is 0 Å². The molecule has 0 aromatic carbocycles. The molecule has 0 radical (unpaired) electrons. The van der Waals surface area contributed by atoms with Gasteiger partial charge in [0.25, 0.3) is 0 Å². The summed E-state index contributed by atoms with van der Waals surface area (Å²) < 4.78 is 0. The fraction of sp³-hybridized carbons (Fsp3) is 0.375. The van der Waals surface area contributed by atoms with Crippen molar-refractivity contribution in [1.29, 1.82) is 5.41 Å². The molecule has 0 fully saturated rings. The Hall–Kier alpha value is -1.05. The van der Waals surface area contributed by atoms with Gasteiger partial charge in [-0.3, -0.25) is 5.41 Å². The predicted octanol–water partition coefficient (Wildman–Crippen LogP) is 2.08. The lowest BCUT2D eigenvalue weighted by atomic mass is 10.2. The van der Waals surface area contributed by atoms with Crippen molar-refractivity contribution in [2.24, 2.45) is 5.73 Å². The molecule has 0 spiro atoms. The fourth-order valence-corrected chi connectivity index (χ4v) is 0.383. The summed E-state index contributed by atoms with van der Waals surface area (Å²) in [5.41, 5.74) is 5.79. The smallest absolute Gasteiger partial charge is 0.122 e. The van der Waals surface area contributed by atoms with Crippen LogP contribution in [0.1, 0.15) is 20.8 Å². The molecule has 2 nitrogen and oxygen atoms in total. The average Bonchev–Trinajstić information content (AvgIpc) is 1.94. The minimum Gasteiger partial charge on any atom is -0.384 e. The van der Waals surface area contributed by atoms with Crippen LogP contribution in [-0.4, -0.2) is 5.84 Å². The van der Waals surface area contributed by atoms with Crippen LogP contribution in [-0.2, 0) is 0 Å². The third kappa shape index (κ3) is 5.09. The topological polar surface area (TPSA) is 49.9 Å². The van der Waals surface area contributed by atoms with Gasteiger partial charge in [-0.2, -0.15) is 0 Å². The Labute approximate surface area is 62.9 Å². The van der Waals surface area contributed by atoms with Crippen LogP contribution in [0.15, 0.2) is 24.3 Å². The van der Waals surface area contributed by atoms with Gasteiger partial charge in [-0.05, 0) is 6.92 Å². The second-order valence-corrected chi connectivity index (χ2v) is 1.36. The molecule has 0 aromatic heterocycles. The monoisotopic (exact) mass is 140 g/mol. The van der Waals surface area contributed by atoms with Crippen LogP contribution in [0.25, 0.3) is 0 Å². The number of amidine groups is 1. The number of rotatable bonds is 2. The van der Waals surface area contributed by atoms with E-state index in [4.69, 9.17) is 11.1 Å². The molecule has 0 aliphatic carbocycles. The minimum absolute atomic E-state index is 0.0718. The number of nitrogens with one attached hydrogen (secondary N) is 1. The quantitative estimate of drug-likeness (QED) is 0.344. The number of allylic oxidation sites excluding steroid dienone is 1. The van der Waals surface area contributed by atoms with Crippen molar-refractivity contribution < 1.29 is 0 Å². The Morgan fingerprint density at radius 3 is 1.90 bits per heavy atom. The molecular weight excluding hydrogens is 124 g/mol. The van der Waals surface area contributed by atoms with Crippen LogP contribution in [0.4, 0.5) is 0 Å². The van der Waals surface area contributed by atoms with E-state index in [0.717, 1.165) is 0 Å². The Balaban J connectivity index is 0. The van der Waals surface area contributed by atoms with Crippen molar-refractivity contribution in [3.63, 3.8) is 0 Å². The fourth-order valence-electron chi connectivity index (χ4n) is 0.383. The summed E-state index contributed by atoms with van der Waals surface area (Å²) in [6, 6.07) is 0. The number of nitrogens with two attached hydrogens (primary N) is 1. The van der Waals surface area contributed by atoms with Crippen LogP contribution < -0.4 is 5.73 Å². The highest BCUT2D eigenvalue weighted by molar-refractivity contribution is 5.96. The zero-order chi connectivity index (χ0) is 8.57. The molecule has 0 aromatic rings. The first kappa shape index (κ1) is 11.7. The SMILES string of the molecule is C=C/C(=C\C)C(=N)N.CC. The van der Waals surface area contributed by atoms with E-state index in [9.17, 15) is 0 Å². The predicted molar refractivity (Wildman–Crippen MR) is 47.2 cm³/mol. The van der Waals surface area contributed by atoms with Crippen molar-refractivity contribution in [2.45, 2.75) is 20.8 Å². The second kappa shape index (κ2) is 7.95. The van der Waals surface area contributed by atoms with Crippen LogP contribution >= 0.6 is 0 Å². The van der Waals surface area contributed by atoms with Crippen LogP contribution in [0.2, 0.25) is 0 Å². The Morgan fingerprint density at radius 2 is 1.90 bits per heavy atom. The second-order valence-electron chi connectivity index (χ2n) is 1.36. The first-order valence-electron chi connectivity index (χ1n) is 3.35. The molecule has 0 unspecified atom stereocenters. The summed E-state index contributed by atoms with van der Waals surface area (Å²) >= 11 is 0. The van der Waals surface area contributed by atoms with E-state index < -0.39 is 0 Å². The maximum atomic E-state index is 6.89. The van der Waals surface area contributed by atoms with Gasteiger partial charge in [0.2, 0.25) is 0 Å². The van der Waals surface area contributed by atoms with E-state index in [1.165, 1.54) is 0 Å². The summed E-state index contributed by atoms with van der Waals surface area (Å²) in [6.45, 7) is 9.28. The largest absolute Gasteiger partial charge is 0.384 e. The van der Waals surface area contributed by atoms with Crippen LogP contribution in [0, 0.1) is 5.41 Å². The van der Waals surface area contributed by atoms with Crippen molar-refractivity contribution in [3.05, 3.63) is 24.3 Å². The highest BCUT2D eigenvalue weighted by Gasteiger charge is 1.88. The maximum absolute atomic E-state index is 6.89. The number of hydrogen-bond donors (Lipinski definition) is 2. The molecule has 10 heavy (non-hydrogen) atoms. The molecule has 0 rings (SSSR count). The van der Waals surface area contributed by atoms with Crippen molar-refractivity contribution in [3.8, 4) is 0 Å². The summed E-state index contributed by atoms with van der Waals surface area (Å²) in [6.07, 6.45) is 3.30. The lowest BCUT2D eigenvalue weighted by Gasteiger charge is -1.92. The van der Waals surface area contributed by atoms with E-state index in [-0.39, 0.29) is 5.84 Å². The third-order valence-electron chi connectivity index (χ3n) is 0.842. The first-order valence-corrected chi connectivity index (χ1v) is 3.35. The van der Waals surface area contributed by atoms with E-state index in [1.807, 2.05) is 20.8 Å². The van der Waals surface area contributed by atoms with E-state index in [2.05, 4.69) is 6.58 Å². The molecule has 0 aliphatic rings. The Bertz CT molecular complexity index is 134. The summed E-state index contributed by atoms with van der Waals surface area (Å²) in [5.74, 6) is 0.0718. The molecule has 2 heteroatoms. The highest BCUT2D eigenvalue weighted by atomic mass is 14.7. The molecule has 0 atom stereocenters. The van der Waals surface area contributed by atoms with Crippen molar-refractivity contribution >= 4 is 5.84 Å². The van der Waals surface area contributed by atoms with Crippen molar-refractivity contribution in [2.75, 3.05) is 0 Å². The molecule has 3 N–H and O–H groups in total. The summed E-state index contributed by atoms with van der Waals surface area (Å²) in [7, 11) is 0. The lowest BCUT2D eigenvalue weighted by Crippen LogP contribution is -2.10. The Kier molecular flexibility index (Phi) is 9.31. The van der Waals surface area contributed by atoms with Gasteiger partial charge in [0.1, 0.15) is 5.84 Å². The average molecular weight is 140 g/mol. The van der Waals surface area contributed by atoms with Crippen molar-refractivity contribution in [1.82, 2.24) is 0 Å². The maximum Gasteiger partial charge on any atom is 0.122 e. The standard InChI is InChI=1S/C6H10N2.C2H6/c1-3-5(4-2)6(7)8;1-2/h3-4H,1H2,2H3,(H3,7,8);1-2H3/b5-4+;. The molecular formula is C8H16N2. The molecule has 0 aliphatic heterocycles. The van der Waals surface area contributed by atoms with Gasteiger partial charge in [0.15, 0.2) is 0 Å². The van der Waals surface area contributed by atoms with Gasteiger partial charge < -0.3 is 5.73 Å². The van der Waals surface area contributed by atoms with Gasteiger partial charge in [0.05, 0.1) is 0 Å². The van der Waals surface area contributed by atoms with E-state index in [0.29, 0.717) is 5.57 Å². The molecule has 58 valence electrons. The number of hydrogen-bond acceptors (Lipinski definition) is 1. The van der Waals surface area contributed by atoms with Crippen LogP contribution in [0.3, 0.4) is 0 Å². The molecule has 0 saturated carbocycles. The van der Waals surface area contributed by atoms with Gasteiger partial charge in [0, 0.05) is 5.57 Å². The van der Waals surface area contributed by atoms with Gasteiger partial charge >= 0.3 is 0 Å². The highest BCUT2D eigenvalue weighted by Crippen LogP contribution is 1.91. The Morgan fingerprint density at radius 1 is 1.50 bits per heavy atom. The molecule has 0 bridgehead atoms. The normalized spacial score (nSPS) is 9.30. The summed E-state index contributed by atoms with van der Waals surface area (Å²) in [5, 5.41) is 6.89. The summed E-state index contributed by atoms with van der Waals surface area (Å²) in [4.78, 5) is 0. The molecule has 0 amide bonds. The lowest BCUT2D eigenvalue weighted by molar-refractivity contribution is 1.42. The zero-order valence-electron chi connectivity index (χ0n) is 6.94. The zero-order valence-corrected chi connectivity index (χ0v) is 6.94. The van der Waals surface area contributed by atoms with Gasteiger partial charge in [-0.25, -0.2) is 0 Å². The van der Waals surface area contributed by atoms with E-state index in [1.54, 1.807) is 12.2 Å². The van der Waals surface area contributed by atoms with Gasteiger partial charge in [-0.15, -0.1) is 0 Å². The van der Waals surface area contributed by atoms with Crippen LogP contribution in [0.5, 0.6) is 0 Å². The first-order chi connectivity index (χ1) is 4.72. The van der Waals surface area contributed by atoms with Gasteiger partial charge in [-0.1, -0.05) is 32.6 Å². The molecule has 0 saturated heterocycles.